The van der Waals surface area contributed by atoms with E-state index in [-0.39, 0.29) is 23.1 Å². The SMILES string of the molecule is COc1cc2c(cc1F)NC(=O)CC(C(C)(C)C)N2. The Bertz CT molecular complexity index is 509. The maximum absolute atomic E-state index is 13.7. The average molecular weight is 266 g/mol. The Kier molecular flexibility index (Phi) is 3.39. The van der Waals surface area contributed by atoms with Crippen molar-refractivity contribution in [3.63, 3.8) is 0 Å². The van der Waals surface area contributed by atoms with Crippen LogP contribution in [0.3, 0.4) is 0 Å². The largest absolute Gasteiger partial charge is 0.494 e. The fourth-order valence-corrected chi connectivity index (χ4v) is 2.08. The molecule has 0 aromatic heterocycles. The summed E-state index contributed by atoms with van der Waals surface area (Å²) in [6.45, 7) is 6.18. The number of ether oxygens (including phenoxy) is 1. The number of halogens is 1. The second kappa shape index (κ2) is 4.72. The molecule has 4 nitrogen and oxygen atoms in total. The van der Waals surface area contributed by atoms with Crippen LogP contribution in [0.5, 0.6) is 5.75 Å². The number of anilines is 2. The molecule has 1 aliphatic rings. The van der Waals surface area contributed by atoms with Gasteiger partial charge in [0.2, 0.25) is 5.91 Å². The summed E-state index contributed by atoms with van der Waals surface area (Å²) in [5.41, 5.74) is 1.06. The van der Waals surface area contributed by atoms with Gasteiger partial charge in [0.25, 0.3) is 0 Å². The van der Waals surface area contributed by atoms with Crippen molar-refractivity contribution in [2.45, 2.75) is 33.2 Å². The maximum Gasteiger partial charge on any atom is 0.226 e. The highest BCUT2D eigenvalue weighted by molar-refractivity contribution is 5.96. The average Bonchev–Trinajstić information content (AvgIpc) is 2.45. The minimum atomic E-state index is -0.488. The van der Waals surface area contributed by atoms with Crippen LogP contribution in [0.15, 0.2) is 12.1 Å². The Hall–Kier alpha value is -1.78. The van der Waals surface area contributed by atoms with Gasteiger partial charge in [0.05, 0.1) is 18.5 Å². The lowest BCUT2D eigenvalue weighted by molar-refractivity contribution is -0.116. The first-order chi connectivity index (χ1) is 8.81. The monoisotopic (exact) mass is 266 g/mol. The van der Waals surface area contributed by atoms with Gasteiger partial charge in [-0.2, -0.15) is 0 Å². The third-order valence-corrected chi connectivity index (χ3v) is 3.33. The number of rotatable bonds is 1. The summed E-state index contributed by atoms with van der Waals surface area (Å²) in [6, 6.07) is 2.84. The molecule has 0 fully saturated rings. The fourth-order valence-electron chi connectivity index (χ4n) is 2.08. The molecule has 0 saturated heterocycles. The highest BCUT2D eigenvalue weighted by Gasteiger charge is 2.30. The van der Waals surface area contributed by atoms with Crippen LogP contribution in [0.4, 0.5) is 15.8 Å². The van der Waals surface area contributed by atoms with Gasteiger partial charge in [0.1, 0.15) is 0 Å². The Balaban J connectivity index is 2.44. The number of amides is 1. The van der Waals surface area contributed by atoms with Crippen LogP contribution in [0.25, 0.3) is 0 Å². The number of nitrogens with one attached hydrogen (secondary N) is 2. The molecular formula is C14H19FN2O2. The normalized spacial score (nSPS) is 19.0. The van der Waals surface area contributed by atoms with Crippen LogP contribution in [-0.4, -0.2) is 19.1 Å². The Morgan fingerprint density at radius 3 is 2.58 bits per heavy atom. The molecule has 0 radical (unpaired) electrons. The predicted octanol–water partition coefficient (Wildman–Crippen LogP) is 3.00. The van der Waals surface area contributed by atoms with E-state index in [1.165, 1.54) is 13.2 Å². The fraction of sp³-hybridized carbons (Fsp3) is 0.500. The van der Waals surface area contributed by atoms with E-state index >= 15 is 0 Å². The van der Waals surface area contributed by atoms with Crippen LogP contribution in [0, 0.1) is 11.2 Å². The smallest absolute Gasteiger partial charge is 0.226 e. The molecule has 1 aromatic rings. The summed E-state index contributed by atoms with van der Waals surface area (Å²) < 4.78 is 18.6. The van der Waals surface area contributed by atoms with Gasteiger partial charge < -0.3 is 15.4 Å². The van der Waals surface area contributed by atoms with Crippen LogP contribution in [0.1, 0.15) is 27.2 Å². The molecule has 1 amide bonds. The number of hydrogen-bond donors (Lipinski definition) is 2. The van der Waals surface area contributed by atoms with Gasteiger partial charge in [-0.3, -0.25) is 4.79 Å². The van der Waals surface area contributed by atoms with E-state index in [9.17, 15) is 9.18 Å². The lowest BCUT2D eigenvalue weighted by atomic mass is 9.84. The Morgan fingerprint density at radius 1 is 1.32 bits per heavy atom. The molecular weight excluding hydrogens is 247 g/mol. The van der Waals surface area contributed by atoms with Crippen molar-refractivity contribution in [2.24, 2.45) is 5.41 Å². The first-order valence-corrected chi connectivity index (χ1v) is 6.25. The van der Waals surface area contributed by atoms with Gasteiger partial charge in [-0.05, 0) is 5.41 Å². The summed E-state index contributed by atoms with van der Waals surface area (Å²) in [5.74, 6) is -0.441. The minimum absolute atomic E-state index is 0.0242. The van der Waals surface area contributed by atoms with Gasteiger partial charge in [-0.15, -0.1) is 0 Å². The molecule has 5 heteroatoms. The molecule has 0 aliphatic carbocycles. The summed E-state index contributed by atoms with van der Waals surface area (Å²) in [6.07, 6.45) is 0.349. The summed E-state index contributed by atoms with van der Waals surface area (Å²) in [5, 5.41) is 6.02. The minimum Gasteiger partial charge on any atom is -0.494 e. The van der Waals surface area contributed by atoms with Crippen LogP contribution in [0.2, 0.25) is 0 Å². The molecule has 104 valence electrons. The molecule has 0 bridgehead atoms. The number of carbonyl (C=O) groups is 1. The first-order valence-electron chi connectivity index (χ1n) is 6.25. The van der Waals surface area contributed by atoms with Gasteiger partial charge in [-0.25, -0.2) is 4.39 Å². The zero-order valence-electron chi connectivity index (χ0n) is 11.6. The molecule has 1 atom stereocenters. The molecule has 0 spiro atoms. The van der Waals surface area contributed by atoms with E-state index < -0.39 is 5.82 Å². The number of benzene rings is 1. The van der Waals surface area contributed by atoms with E-state index in [1.807, 2.05) is 0 Å². The third kappa shape index (κ3) is 2.80. The van der Waals surface area contributed by atoms with Crippen molar-refractivity contribution in [1.82, 2.24) is 0 Å². The van der Waals surface area contributed by atoms with E-state index in [4.69, 9.17) is 4.74 Å². The number of methoxy groups -OCH3 is 1. The topological polar surface area (TPSA) is 50.4 Å². The number of carbonyl (C=O) groups excluding carboxylic acids is 1. The maximum atomic E-state index is 13.7. The zero-order valence-corrected chi connectivity index (χ0v) is 11.6. The van der Waals surface area contributed by atoms with Gasteiger partial charge >= 0.3 is 0 Å². The summed E-state index contributed by atoms with van der Waals surface area (Å²) in [4.78, 5) is 11.9. The van der Waals surface area contributed by atoms with Crippen LogP contribution < -0.4 is 15.4 Å². The first kappa shape index (κ1) is 13.6. The molecule has 19 heavy (non-hydrogen) atoms. The predicted molar refractivity (Wildman–Crippen MR) is 73.1 cm³/mol. The van der Waals surface area contributed by atoms with Gasteiger partial charge in [0, 0.05) is 24.6 Å². The number of hydrogen-bond acceptors (Lipinski definition) is 3. The van der Waals surface area contributed by atoms with Crippen molar-refractivity contribution in [2.75, 3.05) is 17.7 Å². The lowest BCUT2D eigenvalue weighted by Crippen LogP contribution is -2.35. The van der Waals surface area contributed by atoms with Crippen LogP contribution in [-0.2, 0) is 4.79 Å². The molecule has 1 aliphatic heterocycles. The van der Waals surface area contributed by atoms with Crippen molar-refractivity contribution in [3.05, 3.63) is 17.9 Å². The van der Waals surface area contributed by atoms with Crippen molar-refractivity contribution in [3.8, 4) is 5.75 Å². The molecule has 0 saturated carbocycles. The second-order valence-corrected chi connectivity index (χ2v) is 5.85. The molecule has 1 aromatic carbocycles. The Labute approximate surface area is 112 Å². The number of fused-ring (bicyclic) bond motifs is 1. The standard InChI is InChI=1S/C14H19FN2O2/c1-14(2,3)12-7-13(18)17-9-5-8(15)11(19-4)6-10(9)16-12/h5-6,12,16H,7H2,1-4H3,(H,17,18). The molecule has 2 N–H and O–H groups in total. The van der Waals surface area contributed by atoms with Crippen molar-refractivity contribution >= 4 is 17.3 Å². The third-order valence-electron chi connectivity index (χ3n) is 3.33. The van der Waals surface area contributed by atoms with E-state index in [0.29, 0.717) is 17.8 Å². The highest BCUT2D eigenvalue weighted by atomic mass is 19.1. The van der Waals surface area contributed by atoms with Crippen molar-refractivity contribution < 1.29 is 13.9 Å². The highest BCUT2D eigenvalue weighted by Crippen LogP contribution is 2.36. The van der Waals surface area contributed by atoms with E-state index in [1.54, 1.807) is 6.07 Å². The molecule has 1 heterocycles. The van der Waals surface area contributed by atoms with Gasteiger partial charge in [-0.1, -0.05) is 20.8 Å². The lowest BCUT2D eigenvalue weighted by Gasteiger charge is -2.30. The second-order valence-electron chi connectivity index (χ2n) is 5.85. The van der Waals surface area contributed by atoms with Crippen LogP contribution >= 0.6 is 0 Å². The zero-order chi connectivity index (χ0) is 14.2. The summed E-state index contributed by atoms with van der Waals surface area (Å²) >= 11 is 0. The summed E-state index contributed by atoms with van der Waals surface area (Å²) in [7, 11) is 1.42. The van der Waals surface area contributed by atoms with E-state index in [2.05, 4.69) is 31.4 Å². The van der Waals surface area contributed by atoms with E-state index in [0.717, 1.165) is 0 Å². The quantitative estimate of drug-likeness (QED) is 0.821. The molecule has 1 unspecified atom stereocenters. The Morgan fingerprint density at radius 2 is 2.00 bits per heavy atom. The van der Waals surface area contributed by atoms with Crippen molar-refractivity contribution in [1.29, 1.82) is 0 Å². The van der Waals surface area contributed by atoms with Gasteiger partial charge in [0.15, 0.2) is 11.6 Å². The molecule has 2 rings (SSSR count).